The first-order chi connectivity index (χ1) is 10.8. The van der Waals surface area contributed by atoms with Crippen molar-refractivity contribution in [2.75, 3.05) is 11.9 Å². The van der Waals surface area contributed by atoms with Crippen molar-refractivity contribution in [3.63, 3.8) is 0 Å². The van der Waals surface area contributed by atoms with E-state index in [1.54, 1.807) is 18.2 Å². The number of carbonyl (C=O) groups excluding carboxylic acids is 1. The lowest BCUT2D eigenvalue weighted by Crippen LogP contribution is -2.47. The number of benzene rings is 2. The van der Waals surface area contributed by atoms with Crippen LogP contribution in [0.3, 0.4) is 0 Å². The van der Waals surface area contributed by atoms with E-state index in [-0.39, 0.29) is 11.3 Å². The molecule has 0 spiro atoms. The van der Waals surface area contributed by atoms with Gasteiger partial charge >= 0.3 is 6.18 Å². The molecule has 23 heavy (non-hydrogen) atoms. The van der Waals surface area contributed by atoms with E-state index in [9.17, 15) is 23.1 Å². The summed E-state index contributed by atoms with van der Waals surface area (Å²) in [5.41, 5.74) is 1.13. The molecule has 1 amide bonds. The highest BCUT2D eigenvalue weighted by atomic mass is 19.4. The van der Waals surface area contributed by atoms with Gasteiger partial charge in [-0.25, -0.2) is 0 Å². The molecule has 0 aliphatic carbocycles. The molecule has 0 bridgehead atoms. The fourth-order valence-corrected chi connectivity index (χ4v) is 2.57. The topological polar surface area (TPSA) is 52.6 Å². The molecule has 7 heteroatoms. The number of rotatable bonds is 2. The maximum atomic E-state index is 12.9. The average Bonchev–Trinajstić information content (AvgIpc) is 2.50. The molecule has 3 rings (SSSR count). The lowest BCUT2D eigenvalue weighted by Gasteiger charge is -2.38. The zero-order valence-corrected chi connectivity index (χ0v) is 11.8. The van der Waals surface area contributed by atoms with Crippen molar-refractivity contribution in [2.45, 2.75) is 12.3 Å². The Labute approximate surface area is 130 Å². The van der Waals surface area contributed by atoms with Crippen molar-refractivity contribution in [3.8, 4) is 5.75 Å². The Morgan fingerprint density at radius 2 is 1.74 bits per heavy atom. The van der Waals surface area contributed by atoms with E-state index in [4.69, 9.17) is 0 Å². The number of phenols is 1. The van der Waals surface area contributed by atoms with Crippen molar-refractivity contribution in [1.29, 1.82) is 0 Å². The number of aromatic hydroxyl groups is 1. The molecular weight excluding hydrogens is 309 g/mol. The second-order valence-corrected chi connectivity index (χ2v) is 5.23. The van der Waals surface area contributed by atoms with E-state index >= 15 is 0 Å². The van der Waals surface area contributed by atoms with Gasteiger partial charge in [-0.3, -0.25) is 4.79 Å². The molecule has 2 aromatic carbocycles. The van der Waals surface area contributed by atoms with Crippen molar-refractivity contribution in [3.05, 3.63) is 59.7 Å². The standard InChI is InChI=1S/C16H13F3N2O2/c17-16(18,19)9-21-14(10-5-7-11(22)8-6-10)20-13-4-2-1-3-12(13)15(21)23/h1-8,14,20,22H,9H2. The van der Waals surface area contributed by atoms with Crippen LogP contribution >= 0.6 is 0 Å². The normalized spacial score (nSPS) is 17.6. The molecule has 0 fully saturated rings. The van der Waals surface area contributed by atoms with Gasteiger partial charge in [0.15, 0.2) is 0 Å². The third kappa shape index (κ3) is 3.08. The van der Waals surface area contributed by atoms with Gasteiger partial charge in [-0.2, -0.15) is 13.2 Å². The first kappa shape index (κ1) is 15.2. The van der Waals surface area contributed by atoms with Crippen molar-refractivity contribution < 1.29 is 23.1 Å². The minimum absolute atomic E-state index is 0.00124. The summed E-state index contributed by atoms with van der Waals surface area (Å²) in [4.78, 5) is 13.2. The number of phenolic OH excluding ortho intramolecular Hbond substituents is 1. The Hall–Kier alpha value is -2.70. The number of fused-ring (bicyclic) bond motifs is 1. The molecule has 0 radical (unpaired) electrons. The molecule has 1 atom stereocenters. The smallest absolute Gasteiger partial charge is 0.406 e. The van der Waals surface area contributed by atoms with E-state index in [1.807, 2.05) is 0 Å². The summed E-state index contributed by atoms with van der Waals surface area (Å²) in [6.07, 6.45) is -5.47. The van der Waals surface area contributed by atoms with E-state index in [1.165, 1.54) is 30.3 Å². The highest BCUT2D eigenvalue weighted by Crippen LogP contribution is 2.35. The number of nitrogens with one attached hydrogen (secondary N) is 1. The quantitative estimate of drug-likeness (QED) is 0.889. The SMILES string of the molecule is O=C1c2ccccc2NC(c2ccc(O)cc2)N1CC(F)(F)F. The second kappa shape index (κ2) is 5.49. The third-order valence-corrected chi connectivity index (χ3v) is 3.58. The number of nitrogens with zero attached hydrogens (tertiary/aromatic N) is 1. The molecule has 1 aliphatic rings. The van der Waals surface area contributed by atoms with Crippen molar-refractivity contribution in [2.24, 2.45) is 0 Å². The van der Waals surface area contributed by atoms with Crippen LogP contribution in [0.25, 0.3) is 0 Å². The molecule has 1 unspecified atom stereocenters. The van der Waals surface area contributed by atoms with Crippen LogP contribution in [0.4, 0.5) is 18.9 Å². The Balaban J connectivity index is 2.04. The van der Waals surface area contributed by atoms with E-state index in [0.29, 0.717) is 11.3 Å². The van der Waals surface area contributed by atoms with Crippen LogP contribution in [0.15, 0.2) is 48.5 Å². The lowest BCUT2D eigenvalue weighted by atomic mass is 10.0. The summed E-state index contributed by atoms with van der Waals surface area (Å²) in [5.74, 6) is -0.687. The number of alkyl halides is 3. The molecule has 0 saturated heterocycles. The fraction of sp³-hybridized carbons (Fsp3) is 0.188. The monoisotopic (exact) mass is 322 g/mol. The summed E-state index contributed by atoms with van der Waals surface area (Å²) >= 11 is 0. The van der Waals surface area contributed by atoms with Gasteiger partial charge in [-0.15, -0.1) is 0 Å². The Kier molecular flexibility index (Phi) is 3.63. The average molecular weight is 322 g/mol. The van der Waals surface area contributed by atoms with E-state index in [2.05, 4.69) is 5.32 Å². The Morgan fingerprint density at radius 3 is 2.39 bits per heavy atom. The molecule has 1 aliphatic heterocycles. The summed E-state index contributed by atoms with van der Waals surface area (Å²) < 4.78 is 38.6. The van der Waals surface area contributed by atoms with Gasteiger partial charge in [0, 0.05) is 5.69 Å². The van der Waals surface area contributed by atoms with Crippen LogP contribution in [0, 0.1) is 0 Å². The molecule has 2 N–H and O–H groups in total. The van der Waals surface area contributed by atoms with Gasteiger partial charge in [0.2, 0.25) is 0 Å². The molecule has 0 saturated carbocycles. The third-order valence-electron chi connectivity index (χ3n) is 3.58. The largest absolute Gasteiger partial charge is 0.508 e. The predicted molar refractivity (Wildman–Crippen MR) is 78.0 cm³/mol. The van der Waals surface area contributed by atoms with Crippen LogP contribution in [-0.2, 0) is 0 Å². The van der Waals surface area contributed by atoms with Gasteiger partial charge in [0.25, 0.3) is 5.91 Å². The van der Waals surface area contributed by atoms with Gasteiger partial charge < -0.3 is 15.3 Å². The molecule has 4 nitrogen and oxygen atoms in total. The minimum Gasteiger partial charge on any atom is -0.508 e. The number of para-hydroxylation sites is 1. The minimum atomic E-state index is -4.52. The molecule has 0 aromatic heterocycles. The molecule has 1 heterocycles. The highest BCUT2D eigenvalue weighted by Gasteiger charge is 2.40. The van der Waals surface area contributed by atoms with Gasteiger partial charge in [-0.1, -0.05) is 24.3 Å². The van der Waals surface area contributed by atoms with Gasteiger partial charge in [0.05, 0.1) is 5.56 Å². The maximum absolute atomic E-state index is 12.9. The second-order valence-electron chi connectivity index (χ2n) is 5.23. The van der Waals surface area contributed by atoms with E-state index in [0.717, 1.165) is 4.90 Å². The van der Waals surface area contributed by atoms with Crippen LogP contribution in [0.1, 0.15) is 22.1 Å². The Morgan fingerprint density at radius 1 is 1.09 bits per heavy atom. The molecule has 120 valence electrons. The summed E-state index contributed by atoms with van der Waals surface area (Å²) in [6, 6.07) is 12.1. The highest BCUT2D eigenvalue weighted by molar-refractivity contribution is 6.01. The Bertz CT molecular complexity index is 729. The number of hydrogen-bond donors (Lipinski definition) is 2. The number of anilines is 1. The summed E-state index contributed by atoms with van der Waals surface area (Å²) in [7, 11) is 0. The maximum Gasteiger partial charge on any atom is 0.406 e. The summed E-state index contributed by atoms with van der Waals surface area (Å²) in [5, 5.41) is 12.3. The van der Waals surface area contributed by atoms with Crippen molar-refractivity contribution in [1.82, 2.24) is 4.90 Å². The molecule has 2 aromatic rings. The van der Waals surface area contributed by atoms with Crippen LogP contribution < -0.4 is 5.32 Å². The molecular formula is C16H13F3N2O2. The van der Waals surface area contributed by atoms with Crippen LogP contribution in [-0.4, -0.2) is 28.6 Å². The van der Waals surface area contributed by atoms with Gasteiger partial charge in [-0.05, 0) is 29.8 Å². The van der Waals surface area contributed by atoms with Crippen molar-refractivity contribution >= 4 is 11.6 Å². The number of hydrogen-bond acceptors (Lipinski definition) is 3. The fourth-order valence-electron chi connectivity index (χ4n) is 2.57. The number of carbonyl (C=O) groups is 1. The predicted octanol–water partition coefficient (Wildman–Crippen LogP) is 3.52. The lowest BCUT2D eigenvalue weighted by molar-refractivity contribution is -0.144. The van der Waals surface area contributed by atoms with Crippen LogP contribution in [0.2, 0.25) is 0 Å². The zero-order chi connectivity index (χ0) is 16.6. The number of halogens is 3. The zero-order valence-electron chi connectivity index (χ0n) is 11.8. The van der Waals surface area contributed by atoms with Crippen LogP contribution in [0.5, 0.6) is 5.75 Å². The van der Waals surface area contributed by atoms with E-state index < -0.39 is 24.8 Å². The first-order valence-corrected chi connectivity index (χ1v) is 6.87. The van der Waals surface area contributed by atoms with Gasteiger partial charge in [0.1, 0.15) is 18.5 Å². The number of amides is 1. The summed E-state index contributed by atoms with van der Waals surface area (Å²) in [6.45, 7) is -1.36. The first-order valence-electron chi connectivity index (χ1n) is 6.87.